The van der Waals surface area contributed by atoms with Crippen LogP contribution in [0.3, 0.4) is 0 Å². The van der Waals surface area contributed by atoms with Gasteiger partial charge in [0.05, 0.1) is 19.3 Å². The summed E-state index contributed by atoms with van der Waals surface area (Å²) in [7, 11) is -9.18. The number of benzene rings is 1. The largest absolute Gasteiger partial charge is 0.497 e. The van der Waals surface area contributed by atoms with Crippen LogP contribution < -0.4 is 20.7 Å². The second-order valence-electron chi connectivity index (χ2n) is 7.53. The maximum atomic E-state index is 13.4. The Balaban J connectivity index is 0.00000371. The van der Waals surface area contributed by atoms with E-state index in [9.17, 15) is 29.0 Å². The van der Waals surface area contributed by atoms with Crippen LogP contribution in [0.15, 0.2) is 34.2 Å². The van der Waals surface area contributed by atoms with Crippen LogP contribution in [0.5, 0.6) is 11.6 Å². The smallest absolute Gasteiger partial charge is 0.310 e. The normalized spacial score (nSPS) is 13.4. The summed E-state index contributed by atoms with van der Waals surface area (Å²) in [6.45, 7) is 8.92. The van der Waals surface area contributed by atoms with Crippen molar-refractivity contribution in [3.63, 3.8) is 0 Å². The van der Waals surface area contributed by atoms with Gasteiger partial charge in [0.15, 0.2) is 11.3 Å². The van der Waals surface area contributed by atoms with E-state index in [-0.39, 0.29) is 35.7 Å². The summed E-state index contributed by atoms with van der Waals surface area (Å²) in [5, 5.41) is 11.8. The summed E-state index contributed by atoms with van der Waals surface area (Å²) in [6.07, 6.45) is 0. The summed E-state index contributed by atoms with van der Waals surface area (Å²) < 4.78 is 77.7. The summed E-state index contributed by atoms with van der Waals surface area (Å²) in [4.78, 5) is 29.0. The van der Waals surface area contributed by atoms with Gasteiger partial charge < -0.3 is 20.1 Å². The Kier molecular flexibility index (Phi) is 10.3. The number of hydrogen-bond donors (Lipinski definition) is 2. The number of hydrogen-bond acceptors (Lipinski definition) is 7. The number of nitrogens with zero attached hydrogens (tertiary/aromatic N) is 4. The Labute approximate surface area is 222 Å². The second kappa shape index (κ2) is 12.0. The fourth-order valence-electron chi connectivity index (χ4n) is 3.17. The lowest BCUT2D eigenvalue weighted by Gasteiger charge is -2.40. The van der Waals surface area contributed by atoms with Crippen LogP contribution in [0, 0.1) is 5.41 Å². The van der Waals surface area contributed by atoms with Gasteiger partial charge in [0.2, 0.25) is 11.8 Å². The summed E-state index contributed by atoms with van der Waals surface area (Å²) in [6, 6.07) is 2.18. The number of methoxy groups -OCH3 is 1. The van der Waals surface area contributed by atoms with Crippen LogP contribution in [0.2, 0.25) is 0 Å². The fraction of sp³-hybridized carbons (Fsp3) is 0.435. The molecule has 3 N–H and O–H groups in total. The molecular weight excluding hydrogens is 551 g/mol. The van der Waals surface area contributed by atoms with Crippen molar-refractivity contribution in [3.05, 3.63) is 40.9 Å². The number of carbonyl (C=O) groups is 2. The number of Topliss-reactive ketones (excluding diaryl/α,β-unsaturated/α-hetero) is 1. The Morgan fingerprint density at radius 3 is 2.13 bits per heavy atom. The molecule has 0 unspecified atom stereocenters. The van der Waals surface area contributed by atoms with E-state index in [2.05, 4.69) is 14.8 Å². The molecule has 39 heavy (non-hydrogen) atoms. The molecule has 0 atom stereocenters. The average molecular weight is 585 g/mol. The Bertz CT molecular complexity index is 1300. The number of ether oxygens (including phenoxy) is 2. The summed E-state index contributed by atoms with van der Waals surface area (Å²) in [5.74, 6) is -3.07. The van der Waals surface area contributed by atoms with Crippen LogP contribution >= 0.6 is 10.2 Å². The van der Waals surface area contributed by atoms with Gasteiger partial charge in [-0.1, -0.05) is 33.3 Å². The molecule has 0 bridgehead atoms. The number of nitrogens with two attached hydrogens (primary N) is 1. The third-order valence-electron chi connectivity index (χ3n) is 4.96. The van der Waals surface area contributed by atoms with Crippen molar-refractivity contribution >= 4 is 27.9 Å². The monoisotopic (exact) mass is 584 g/mol. The number of nitrogen functional groups attached to an aromatic ring is 1. The molecule has 1 aromatic carbocycles. The molecule has 0 aliphatic heterocycles. The quantitative estimate of drug-likeness (QED) is 0.175. The number of ketones is 1. The van der Waals surface area contributed by atoms with Crippen molar-refractivity contribution < 1.29 is 38.5 Å². The molecule has 0 saturated heterocycles. The third kappa shape index (κ3) is 8.66. The van der Waals surface area contributed by atoms with E-state index in [0.717, 1.165) is 17.9 Å². The highest BCUT2D eigenvalue weighted by Crippen LogP contribution is 3.02. The number of carbonyl (C=O) groups excluding carboxylic acids is 2. The van der Waals surface area contributed by atoms with Gasteiger partial charge in [-0.15, -0.1) is 5.10 Å². The van der Waals surface area contributed by atoms with Crippen LogP contribution in [0.1, 0.15) is 55.3 Å². The van der Waals surface area contributed by atoms with E-state index < -0.39 is 50.6 Å². The van der Waals surface area contributed by atoms with E-state index in [1.807, 2.05) is 13.8 Å². The minimum atomic E-state index is -10.1. The number of amides is 1. The minimum Gasteiger partial charge on any atom is -0.497 e. The van der Waals surface area contributed by atoms with Crippen molar-refractivity contribution in [2.75, 3.05) is 33.4 Å². The Hall–Kier alpha value is -3.69. The summed E-state index contributed by atoms with van der Waals surface area (Å²) in [5.41, 5.74) is 4.33. The average Bonchev–Trinajstić information content (AvgIpc) is 2.87. The van der Waals surface area contributed by atoms with Gasteiger partial charge in [0.1, 0.15) is 17.2 Å². The molecule has 0 fully saturated rings. The van der Waals surface area contributed by atoms with Crippen LogP contribution in [-0.2, 0) is 0 Å². The molecule has 0 saturated carbocycles. The third-order valence-corrected chi connectivity index (χ3v) is 6.09. The van der Waals surface area contributed by atoms with Crippen LogP contribution in [0.25, 0.3) is 0 Å². The van der Waals surface area contributed by atoms with Crippen molar-refractivity contribution in [1.82, 2.24) is 14.7 Å². The van der Waals surface area contributed by atoms with Crippen LogP contribution in [0.4, 0.5) is 19.4 Å². The first kappa shape index (κ1) is 33.3. The van der Waals surface area contributed by atoms with Gasteiger partial charge in [-0.3, -0.25) is 20.0 Å². The molecule has 1 heterocycles. The molecular formula is C23H33F5N6O4S. The van der Waals surface area contributed by atoms with Crippen LogP contribution in [-0.4, -0.2) is 65.7 Å². The first-order chi connectivity index (χ1) is 17.9. The van der Waals surface area contributed by atoms with Gasteiger partial charge in [-0.2, -0.15) is 4.68 Å². The first-order valence-corrected chi connectivity index (χ1v) is 13.8. The standard InChI is InChI=1S/C21H27F5N6O4S.C2H6/c1-5-31(6-2)20(34)16-11-18(36-7-3)30-32(21(27)28)19(16)29-12-17(33)13-8-14(35-4)10-15(9-13)37(22,23,24,25)26;1-2/h8-11H,5-7,12H2,1-4H3,(H3,27,28);1-2H3. The van der Waals surface area contributed by atoms with Gasteiger partial charge >= 0.3 is 10.2 Å². The Morgan fingerprint density at radius 1 is 1.08 bits per heavy atom. The predicted molar refractivity (Wildman–Crippen MR) is 138 cm³/mol. The van der Waals surface area contributed by atoms with Crippen molar-refractivity contribution in [2.45, 2.75) is 39.5 Å². The van der Waals surface area contributed by atoms with E-state index >= 15 is 0 Å². The van der Waals surface area contributed by atoms with Gasteiger partial charge in [0.25, 0.3) is 5.91 Å². The maximum Gasteiger partial charge on any atom is 0.310 e. The lowest BCUT2D eigenvalue weighted by atomic mass is 10.1. The first-order valence-electron chi connectivity index (χ1n) is 11.8. The zero-order valence-corrected chi connectivity index (χ0v) is 23.3. The fourth-order valence-corrected chi connectivity index (χ4v) is 3.85. The molecule has 2 rings (SSSR count). The van der Waals surface area contributed by atoms with E-state index in [4.69, 9.17) is 15.9 Å². The molecule has 1 amide bonds. The number of rotatable bonds is 10. The second-order valence-corrected chi connectivity index (χ2v) is 9.94. The molecule has 2 aromatic rings. The van der Waals surface area contributed by atoms with Crippen molar-refractivity contribution in [1.29, 1.82) is 5.41 Å². The zero-order valence-electron chi connectivity index (χ0n) is 22.4. The van der Waals surface area contributed by atoms with E-state index in [1.54, 1.807) is 20.8 Å². The lowest BCUT2D eigenvalue weighted by Crippen LogP contribution is -2.42. The predicted octanol–water partition coefficient (Wildman–Crippen LogP) is 4.98. The highest BCUT2D eigenvalue weighted by atomic mass is 32.5. The molecule has 16 heteroatoms. The number of aromatic nitrogens is 2. The Morgan fingerprint density at radius 2 is 1.67 bits per heavy atom. The lowest BCUT2D eigenvalue weighted by molar-refractivity contribution is 0.0768. The maximum absolute atomic E-state index is 13.4. The molecule has 0 radical (unpaired) electrons. The van der Waals surface area contributed by atoms with E-state index in [1.165, 1.54) is 11.0 Å². The van der Waals surface area contributed by atoms with Gasteiger partial charge in [0, 0.05) is 30.8 Å². The molecule has 220 valence electrons. The molecule has 1 aromatic heterocycles. The number of halogens is 5. The molecule has 0 aliphatic carbocycles. The number of nitrogens with one attached hydrogen (secondary N) is 1. The molecule has 0 aliphatic rings. The van der Waals surface area contributed by atoms with E-state index in [0.29, 0.717) is 13.1 Å². The molecule has 0 spiro atoms. The van der Waals surface area contributed by atoms with Gasteiger partial charge in [-0.05, 0) is 32.9 Å². The minimum absolute atomic E-state index is 0.0133. The summed E-state index contributed by atoms with van der Waals surface area (Å²) >= 11 is 0. The van der Waals surface area contributed by atoms with Crippen molar-refractivity contribution in [2.24, 2.45) is 10.7 Å². The zero-order chi connectivity index (χ0) is 30.2. The van der Waals surface area contributed by atoms with Crippen molar-refractivity contribution in [3.8, 4) is 11.6 Å². The SMILES string of the molecule is CC.CCOc1cc(C(=O)N(CC)CC)c(=NCC(=O)c2cc(OC)cc(S(F)(F)(F)(F)F)c2)n(C(=N)N)n1. The highest BCUT2D eigenvalue weighted by molar-refractivity contribution is 8.45. The topological polar surface area (TPSA) is 136 Å². The molecule has 10 nitrogen and oxygen atoms in total. The highest BCUT2D eigenvalue weighted by Gasteiger charge is 2.65. The van der Waals surface area contributed by atoms with Gasteiger partial charge in [-0.25, -0.2) is 0 Å².